The second kappa shape index (κ2) is 22.8. The summed E-state index contributed by atoms with van der Waals surface area (Å²) in [5, 5.41) is 54.9. The molecule has 6 N–H and O–H groups in total. The number of aliphatic hydroxyl groups excluding tert-OH is 2. The van der Waals surface area contributed by atoms with Crippen molar-refractivity contribution in [3.8, 4) is 17.2 Å². The molecular formula is C60H80N6O12. The number of phenols is 2. The number of nitrogens with one attached hydrogen (secondary N) is 2. The number of benzene rings is 3. The Morgan fingerprint density at radius 3 is 2.19 bits per heavy atom. The number of fused-ring (bicyclic) bond motifs is 13. The molecular weight excluding hydrogens is 997 g/mol. The number of para-hydroxylation sites is 1. The van der Waals surface area contributed by atoms with E-state index in [-0.39, 0.29) is 55.7 Å². The topological polar surface area (TPSA) is 241 Å². The van der Waals surface area contributed by atoms with Gasteiger partial charge in [0.15, 0.2) is 11.4 Å². The summed E-state index contributed by atoms with van der Waals surface area (Å²) < 4.78 is 25.0. The predicted molar refractivity (Wildman–Crippen MR) is 295 cm³/mol. The lowest BCUT2D eigenvalue weighted by Crippen LogP contribution is -2.52. The van der Waals surface area contributed by atoms with Crippen LogP contribution in [0.4, 0.5) is 11.4 Å². The summed E-state index contributed by atoms with van der Waals surface area (Å²) in [6, 6.07) is 10.0. The maximum absolute atomic E-state index is 15.0. The number of aliphatic hydroxyl groups is 2. The van der Waals surface area contributed by atoms with Crippen molar-refractivity contribution in [2.75, 3.05) is 50.5 Å². The van der Waals surface area contributed by atoms with Crippen LogP contribution in [0.3, 0.4) is 0 Å². The zero-order valence-electron chi connectivity index (χ0n) is 47.3. The van der Waals surface area contributed by atoms with Crippen molar-refractivity contribution in [3.63, 3.8) is 0 Å². The first-order valence-corrected chi connectivity index (χ1v) is 27.5. The van der Waals surface area contributed by atoms with E-state index in [9.17, 15) is 34.8 Å². The molecule has 1 spiro atoms. The van der Waals surface area contributed by atoms with Crippen LogP contribution in [-0.2, 0) is 28.6 Å². The van der Waals surface area contributed by atoms with Crippen LogP contribution >= 0.6 is 0 Å². The number of anilines is 2. The molecule has 0 aliphatic carbocycles. The summed E-state index contributed by atoms with van der Waals surface area (Å²) in [7, 11) is 1.45. The molecule has 9 rings (SSSR count). The van der Waals surface area contributed by atoms with Crippen molar-refractivity contribution in [1.82, 2.24) is 9.80 Å². The Morgan fingerprint density at radius 2 is 1.55 bits per heavy atom. The fraction of sp³-hybridized carbons (Fsp3) is 0.567. The molecule has 6 aliphatic heterocycles. The Morgan fingerprint density at radius 1 is 0.897 bits per heavy atom. The van der Waals surface area contributed by atoms with Gasteiger partial charge in [0.25, 0.3) is 11.7 Å². The van der Waals surface area contributed by atoms with Crippen LogP contribution in [0.1, 0.15) is 111 Å². The van der Waals surface area contributed by atoms with E-state index in [1.54, 1.807) is 64.7 Å². The second-order valence-electron chi connectivity index (χ2n) is 23.5. The predicted octanol–water partition coefficient (Wildman–Crippen LogP) is 6.86. The monoisotopic (exact) mass is 1080 g/mol. The van der Waals surface area contributed by atoms with E-state index >= 15 is 4.79 Å². The number of piperidine rings is 2. The smallest absolute Gasteiger partial charge is 0.321 e. The van der Waals surface area contributed by atoms with E-state index in [0.29, 0.717) is 57.8 Å². The van der Waals surface area contributed by atoms with Crippen molar-refractivity contribution in [2.24, 2.45) is 45.0 Å². The molecule has 0 saturated carbocycles. The van der Waals surface area contributed by atoms with Gasteiger partial charge < -0.3 is 59.8 Å². The Hall–Kier alpha value is -6.34. The van der Waals surface area contributed by atoms with Crippen LogP contribution in [0.5, 0.6) is 17.2 Å². The number of rotatable bonds is 8. The SMILES string of the molecule is CO[C@H]1/C=C/O[C@@]2(C)Oc3c(C)c(O)c4c(O)c(c5c(c4c3C2=O)=NC2(CCN(CC(C)C)CC2)N=5)NC(=O)/C(C)=C\C=C\[C@H](C)[C@H](O)[C@@H](C)[C@@H](O)[C@@H](C)[C@H](OC(=O)C(C)(C)C(=O)N2CCC(Nc3ccccc3)CC2)[C@@H]1C. The molecule has 0 aromatic heterocycles. The highest BCUT2D eigenvalue weighted by molar-refractivity contribution is 6.19. The molecule has 6 heterocycles. The normalized spacial score (nSPS) is 29.7. The number of ketones is 1. The third-order valence-electron chi connectivity index (χ3n) is 16.8. The fourth-order valence-electron chi connectivity index (χ4n) is 11.8. The van der Waals surface area contributed by atoms with Gasteiger partial charge in [-0.25, -0.2) is 0 Å². The zero-order valence-corrected chi connectivity index (χ0v) is 47.3. The van der Waals surface area contributed by atoms with Crippen LogP contribution in [0.25, 0.3) is 10.8 Å². The molecule has 6 aliphatic rings. The summed E-state index contributed by atoms with van der Waals surface area (Å²) >= 11 is 0. The standard InChI is InChI=1S/C60H80N6O12/c1-32(2)31-65-28-24-60(25-29-65)63-45-42-43-50(69)38(8)53-44(42)54(71)59(11,78-53)76-30-23-41(75-12)35(5)52(77-57(74)58(9,10)56(73)66-26-21-40(22-27-66)61-39-19-14-13-15-20-39)37(7)49(68)36(6)48(67)33(3)17-16-18-34(4)55(72)62-47(51(43)70)46(45)64-60/h13-20,23,30,32-33,35-37,40-41,48-49,52,61,67-70H,21-22,24-29,31H2,1-12H3,(H,62,72)/b17-16+,30-23+,34-18-/t33-,35+,36+,37+,41-,48-,49+,52+,59-/m0/s1. The van der Waals surface area contributed by atoms with Crippen molar-refractivity contribution < 1.29 is 58.6 Å². The number of nitrogens with zero attached hydrogens (tertiary/aromatic N) is 4. The van der Waals surface area contributed by atoms with Crippen LogP contribution in [0, 0.1) is 41.9 Å². The Kier molecular flexibility index (Phi) is 16.9. The number of ether oxygens (including phenoxy) is 4. The molecule has 5 bridgehead atoms. The van der Waals surface area contributed by atoms with E-state index in [2.05, 4.69) is 29.4 Å². The lowest BCUT2D eigenvalue weighted by atomic mass is 9.78. The Labute approximate surface area is 457 Å². The molecule has 2 fully saturated rings. The molecule has 2 amide bonds. The minimum Gasteiger partial charge on any atom is -0.507 e. The number of likely N-dealkylation sites (tertiary alicyclic amines) is 2. The lowest BCUT2D eigenvalue weighted by molar-refractivity contribution is -0.178. The van der Waals surface area contributed by atoms with Crippen LogP contribution < -0.4 is 26.1 Å². The average Bonchev–Trinajstić information content (AvgIpc) is 4.07. The average molecular weight is 1080 g/mol. The van der Waals surface area contributed by atoms with E-state index < -0.39 is 100 Å². The number of carbonyl (C=O) groups excluding carboxylic acids is 4. The first-order chi connectivity index (χ1) is 36.8. The highest BCUT2D eigenvalue weighted by Crippen LogP contribution is 2.50. The van der Waals surface area contributed by atoms with E-state index in [4.69, 9.17) is 28.9 Å². The number of amides is 2. The summed E-state index contributed by atoms with van der Waals surface area (Å²) in [6.45, 7) is 22.0. The van der Waals surface area contributed by atoms with Gasteiger partial charge in [0.1, 0.15) is 34.1 Å². The third-order valence-corrected chi connectivity index (χ3v) is 16.8. The Balaban J connectivity index is 1.16. The third kappa shape index (κ3) is 11.1. The molecule has 9 atom stereocenters. The molecule has 0 unspecified atom stereocenters. The largest absolute Gasteiger partial charge is 0.507 e. The number of hydrogen-bond donors (Lipinski definition) is 6. The number of Topliss-reactive ketones (excluding diaryl/α,β-unsaturated/α-hetero) is 1. The first kappa shape index (κ1) is 57.8. The van der Waals surface area contributed by atoms with Crippen LogP contribution in [0.15, 0.2) is 76.5 Å². The van der Waals surface area contributed by atoms with Gasteiger partial charge in [-0.15, -0.1) is 0 Å². The van der Waals surface area contributed by atoms with Crippen molar-refractivity contribution in [1.29, 1.82) is 0 Å². The van der Waals surface area contributed by atoms with Crippen molar-refractivity contribution >= 4 is 45.7 Å². The zero-order chi connectivity index (χ0) is 56.8. The number of aromatic hydroxyl groups is 2. The van der Waals surface area contributed by atoms with Gasteiger partial charge in [0.2, 0.25) is 5.91 Å². The minimum atomic E-state index is -2.03. The van der Waals surface area contributed by atoms with E-state index in [1.165, 1.54) is 40.2 Å². The summed E-state index contributed by atoms with van der Waals surface area (Å²) in [4.78, 5) is 72.4. The van der Waals surface area contributed by atoms with Gasteiger partial charge >= 0.3 is 11.8 Å². The van der Waals surface area contributed by atoms with Gasteiger partial charge in [-0.05, 0) is 64.7 Å². The molecule has 3 aromatic rings. The molecule has 0 radical (unpaired) electrons. The molecule has 2 saturated heterocycles. The maximum Gasteiger partial charge on any atom is 0.321 e. The van der Waals surface area contributed by atoms with Gasteiger partial charge in [0, 0.05) is 112 Å². The van der Waals surface area contributed by atoms with E-state index in [1.807, 2.05) is 30.3 Å². The van der Waals surface area contributed by atoms with Gasteiger partial charge in [-0.2, -0.15) is 0 Å². The second-order valence-corrected chi connectivity index (χ2v) is 23.5. The van der Waals surface area contributed by atoms with Crippen LogP contribution in [0.2, 0.25) is 0 Å². The first-order valence-electron chi connectivity index (χ1n) is 27.5. The van der Waals surface area contributed by atoms with Gasteiger partial charge in [0.05, 0.1) is 40.9 Å². The number of esters is 1. The van der Waals surface area contributed by atoms with Crippen molar-refractivity contribution in [3.05, 3.63) is 88.3 Å². The van der Waals surface area contributed by atoms with Crippen LogP contribution in [-0.4, -0.2) is 136 Å². The summed E-state index contributed by atoms with van der Waals surface area (Å²) in [5.41, 5.74) is -1.35. The number of carbonyl (C=O) groups is 4. The minimum absolute atomic E-state index is 0.00630. The fourth-order valence-corrected chi connectivity index (χ4v) is 11.8. The van der Waals surface area contributed by atoms with Gasteiger partial charge in [-0.1, -0.05) is 78.0 Å². The highest BCUT2D eigenvalue weighted by atomic mass is 16.7. The number of phenolic OH excluding ortho intramolecular Hbond substituents is 2. The number of allylic oxidation sites excluding steroid dienone is 2. The number of hydrogen-bond acceptors (Lipinski definition) is 16. The molecule has 3 aromatic carbocycles. The quantitative estimate of drug-likeness (QED) is 0.0768. The van der Waals surface area contributed by atoms with Crippen molar-refractivity contribution in [2.45, 2.75) is 144 Å². The summed E-state index contributed by atoms with van der Waals surface area (Å²) in [5.74, 6) is -7.87. The summed E-state index contributed by atoms with van der Waals surface area (Å²) in [6.07, 6.45) is 5.65. The lowest BCUT2D eigenvalue weighted by Gasteiger charge is -2.40. The number of methoxy groups -OCH3 is 1. The van der Waals surface area contributed by atoms with Gasteiger partial charge in [-0.3, -0.25) is 29.2 Å². The van der Waals surface area contributed by atoms with E-state index in [0.717, 1.165) is 12.2 Å². The molecule has 18 nitrogen and oxygen atoms in total. The molecule has 422 valence electrons. The highest BCUT2D eigenvalue weighted by Gasteiger charge is 2.51. The molecule has 78 heavy (non-hydrogen) atoms. The molecule has 18 heteroatoms. The maximum atomic E-state index is 15.0. The Bertz CT molecular complexity index is 3010.